The van der Waals surface area contributed by atoms with Gasteiger partial charge in [-0.1, -0.05) is 18.2 Å². The maximum atomic E-state index is 13.3. The summed E-state index contributed by atoms with van der Waals surface area (Å²) in [5, 5.41) is 0. The van der Waals surface area contributed by atoms with Crippen LogP contribution < -0.4 is 19.1 Å². The van der Waals surface area contributed by atoms with Crippen LogP contribution in [-0.4, -0.2) is 75.9 Å². The molecule has 1 aromatic heterocycles. The molecule has 0 radical (unpaired) electrons. The Morgan fingerprint density at radius 1 is 0.821 bits per heavy atom. The van der Waals surface area contributed by atoms with Gasteiger partial charge in [-0.05, 0) is 55.3 Å². The quantitative estimate of drug-likeness (QED) is 0.264. The van der Waals surface area contributed by atoms with Gasteiger partial charge >= 0.3 is 5.97 Å². The largest absolute Gasteiger partial charge is 0.493 e. The monoisotopic (exact) mass is 533 g/mol. The van der Waals surface area contributed by atoms with Gasteiger partial charge in [0.1, 0.15) is 11.4 Å². The number of pyridine rings is 1. The molecule has 1 amide bonds. The van der Waals surface area contributed by atoms with E-state index in [1.165, 1.54) is 7.11 Å². The lowest BCUT2D eigenvalue weighted by Crippen LogP contribution is -2.49. The highest BCUT2D eigenvalue weighted by Gasteiger charge is 2.25. The average molecular weight is 534 g/mol. The van der Waals surface area contributed by atoms with Gasteiger partial charge in [0.15, 0.2) is 11.5 Å². The van der Waals surface area contributed by atoms with Gasteiger partial charge in [-0.3, -0.25) is 9.59 Å². The number of carbonyl (C=O) groups excluding carboxylic acids is 2. The zero-order valence-corrected chi connectivity index (χ0v) is 22.7. The highest BCUT2D eigenvalue weighted by atomic mass is 16.5. The molecule has 1 aliphatic rings. The summed E-state index contributed by atoms with van der Waals surface area (Å²) < 4.78 is 21.5. The van der Waals surface area contributed by atoms with Crippen molar-refractivity contribution in [2.24, 2.45) is 0 Å². The van der Waals surface area contributed by atoms with E-state index in [-0.39, 0.29) is 11.9 Å². The van der Waals surface area contributed by atoms with Gasteiger partial charge in [0.05, 0.1) is 39.3 Å². The first-order valence-electron chi connectivity index (χ1n) is 13.1. The van der Waals surface area contributed by atoms with E-state index in [0.717, 1.165) is 29.8 Å². The molecule has 0 atom stereocenters. The van der Waals surface area contributed by atoms with E-state index in [0.29, 0.717) is 62.1 Å². The molecule has 9 heteroatoms. The number of ether oxygens (including phenoxy) is 4. The Morgan fingerprint density at radius 2 is 1.59 bits per heavy atom. The summed E-state index contributed by atoms with van der Waals surface area (Å²) in [5.41, 5.74) is 2.95. The molecule has 0 aliphatic carbocycles. The van der Waals surface area contributed by atoms with E-state index in [2.05, 4.69) is 14.6 Å². The first-order chi connectivity index (χ1) is 19.0. The van der Waals surface area contributed by atoms with Gasteiger partial charge in [0, 0.05) is 38.2 Å². The highest BCUT2D eigenvalue weighted by Crippen LogP contribution is 2.32. The fourth-order valence-electron chi connectivity index (χ4n) is 4.52. The number of piperazine rings is 1. The summed E-state index contributed by atoms with van der Waals surface area (Å²) in [6.45, 7) is 3.05. The van der Waals surface area contributed by atoms with Crippen LogP contribution >= 0.6 is 0 Å². The number of nitrogens with zero attached hydrogens (tertiary/aromatic N) is 3. The third kappa shape index (κ3) is 6.98. The molecule has 0 N–H and O–H groups in total. The number of esters is 1. The maximum Gasteiger partial charge on any atom is 0.305 e. The van der Waals surface area contributed by atoms with Gasteiger partial charge in [-0.15, -0.1) is 0 Å². The number of methoxy groups -OCH3 is 3. The standard InChI is InChI=1S/C30H35N3O6/c1-36-27-15-14-22(21-28(27)37-2)23-9-8-10-24(31-23)30(35)33-18-16-32(17-19-33)25-11-4-5-12-26(25)39-20-7-6-13-29(34)38-3/h4-5,8-12,14-15,21H,6-7,13,16-20H2,1-3H3. The Kier molecular flexibility index (Phi) is 9.61. The molecule has 1 fully saturated rings. The molecule has 3 aromatic rings. The maximum absolute atomic E-state index is 13.3. The van der Waals surface area contributed by atoms with Crippen LogP contribution in [0.3, 0.4) is 0 Å². The first kappa shape index (κ1) is 27.8. The number of hydrogen-bond donors (Lipinski definition) is 0. The van der Waals surface area contributed by atoms with Crippen molar-refractivity contribution in [3.8, 4) is 28.5 Å². The van der Waals surface area contributed by atoms with Gasteiger partial charge in [0.25, 0.3) is 5.91 Å². The molecule has 2 aromatic carbocycles. The van der Waals surface area contributed by atoms with Crippen molar-refractivity contribution >= 4 is 17.6 Å². The van der Waals surface area contributed by atoms with Gasteiger partial charge < -0.3 is 28.7 Å². The van der Waals surface area contributed by atoms with Crippen molar-refractivity contribution in [1.82, 2.24) is 9.88 Å². The topological polar surface area (TPSA) is 90.4 Å². The molecule has 39 heavy (non-hydrogen) atoms. The number of anilines is 1. The number of para-hydroxylation sites is 2. The minimum atomic E-state index is -0.203. The van der Waals surface area contributed by atoms with Crippen LogP contribution in [0.5, 0.6) is 17.2 Å². The molecular weight excluding hydrogens is 498 g/mol. The molecule has 0 spiro atoms. The molecular formula is C30H35N3O6. The second kappa shape index (κ2) is 13.5. The molecule has 1 aliphatic heterocycles. The van der Waals surface area contributed by atoms with E-state index in [9.17, 15) is 9.59 Å². The van der Waals surface area contributed by atoms with Crippen LogP contribution in [0.2, 0.25) is 0 Å². The first-order valence-corrected chi connectivity index (χ1v) is 13.1. The van der Waals surface area contributed by atoms with Crippen LogP contribution in [0, 0.1) is 0 Å². The van der Waals surface area contributed by atoms with E-state index in [4.69, 9.17) is 14.2 Å². The lowest BCUT2D eigenvalue weighted by molar-refractivity contribution is -0.140. The highest BCUT2D eigenvalue weighted by molar-refractivity contribution is 5.93. The third-order valence-corrected chi connectivity index (χ3v) is 6.68. The second-order valence-electron chi connectivity index (χ2n) is 9.11. The minimum Gasteiger partial charge on any atom is -0.493 e. The summed E-state index contributed by atoms with van der Waals surface area (Å²) in [5.74, 6) is 1.75. The Labute approximate surface area is 229 Å². The molecule has 1 saturated heterocycles. The molecule has 2 heterocycles. The predicted octanol–water partition coefficient (Wildman–Crippen LogP) is 4.45. The molecule has 206 valence electrons. The van der Waals surface area contributed by atoms with E-state index in [1.54, 1.807) is 20.3 Å². The number of hydrogen-bond acceptors (Lipinski definition) is 8. The fraction of sp³-hybridized carbons (Fsp3) is 0.367. The SMILES string of the molecule is COC(=O)CCCCOc1ccccc1N1CCN(C(=O)c2cccc(-c3ccc(OC)c(OC)c3)n2)CC1. The summed E-state index contributed by atoms with van der Waals surface area (Å²) in [4.78, 5) is 33.4. The minimum absolute atomic E-state index is 0.0906. The van der Waals surface area contributed by atoms with E-state index in [1.807, 2.05) is 59.5 Å². The van der Waals surface area contributed by atoms with E-state index >= 15 is 0 Å². The number of benzene rings is 2. The Balaban J connectivity index is 1.36. The van der Waals surface area contributed by atoms with Crippen molar-refractivity contribution in [3.05, 3.63) is 66.4 Å². The van der Waals surface area contributed by atoms with Crippen LogP contribution in [0.15, 0.2) is 60.7 Å². The van der Waals surface area contributed by atoms with Crippen LogP contribution in [0.4, 0.5) is 5.69 Å². The van der Waals surface area contributed by atoms with Crippen molar-refractivity contribution in [2.45, 2.75) is 19.3 Å². The van der Waals surface area contributed by atoms with Gasteiger partial charge in [0.2, 0.25) is 0 Å². The Bertz CT molecular complexity index is 1270. The van der Waals surface area contributed by atoms with Crippen molar-refractivity contribution < 1.29 is 28.5 Å². The number of unbranched alkanes of at least 4 members (excludes halogenated alkanes) is 1. The van der Waals surface area contributed by atoms with Gasteiger partial charge in [-0.25, -0.2) is 4.98 Å². The number of rotatable bonds is 11. The van der Waals surface area contributed by atoms with Crippen LogP contribution in [-0.2, 0) is 9.53 Å². The third-order valence-electron chi connectivity index (χ3n) is 6.68. The van der Waals surface area contributed by atoms with Crippen molar-refractivity contribution in [1.29, 1.82) is 0 Å². The predicted molar refractivity (Wildman–Crippen MR) is 149 cm³/mol. The number of carbonyl (C=O) groups is 2. The molecule has 0 bridgehead atoms. The molecule has 9 nitrogen and oxygen atoms in total. The average Bonchev–Trinajstić information content (AvgIpc) is 3.00. The van der Waals surface area contributed by atoms with Gasteiger partial charge in [-0.2, -0.15) is 0 Å². The number of amides is 1. The number of aromatic nitrogens is 1. The lowest BCUT2D eigenvalue weighted by atomic mass is 10.1. The molecule has 0 unspecified atom stereocenters. The smallest absolute Gasteiger partial charge is 0.305 e. The van der Waals surface area contributed by atoms with Crippen LogP contribution in [0.25, 0.3) is 11.3 Å². The summed E-state index contributed by atoms with van der Waals surface area (Å²) in [7, 11) is 4.58. The molecule has 4 rings (SSSR count). The Hall–Kier alpha value is -4.27. The van der Waals surface area contributed by atoms with E-state index < -0.39 is 0 Å². The second-order valence-corrected chi connectivity index (χ2v) is 9.11. The summed E-state index contributed by atoms with van der Waals surface area (Å²) in [6.07, 6.45) is 1.88. The van der Waals surface area contributed by atoms with Crippen molar-refractivity contribution in [3.63, 3.8) is 0 Å². The normalized spacial score (nSPS) is 13.1. The fourth-order valence-corrected chi connectivity index (χ4v) is 4.52. The zero-order valence-electron chi connectivity index (χ0n) is 22.7. The van der Waals surface area contributed by atoms with Crippen molar-refractivity contribution in [2.75, 3.05) is 59.0 Å². The van der Waals surface area contributed by atoms with Crippen LogP contribution in [0.1, 0.15) is 29.8 Å². The molecule has 0 saturated carbocycles. The Morgan fingerprint density at radius 3 is 2.33 bits per heavy atom. The lowest BCUT2D eigenvalue weighted by Gasteiger charge is -2.36. The zero-order chi connectivity index (χ0) is 27.6. The summed E-state index contributed by atoms with van der Waals surface area (Å²) >= 11 is 0. The summed E-state index contributed by atoms with van der Waals surface area (Å²) in [6, 6.07) is 19.0.